The van der Waals surface area contributed by atoms with Gasteiger partial charge in [-0.25, -0.2) is 0 Å². The van der Waals surface area contributed by atoms with Crippen molar-refractivity contribution in [3.8, 4) is 11.5 Å². The van der Waals surface area contributed by atoms with Gasteiger partial charge in [-0.05, 0) is 13.0 Å². The van der Waals surface area contributed by atoms with E-state index in [4.69, 9.17) is 9.47 Å². The zero-order valence-electron chi connectivity index (χ0n) is 13.1. The second-order valence-electron chi connectivity index (χ2n) is 5.01. The average molecular weight is 291 g/mol. The summed E-state index contributed by atoms with van der Waals surface area (Å²) in [5.74, 6) is 0.237. The molecule has 21 heavy (non-hydrogen) atoms. The van der Waals surface area contributed by atoms with Gasteiger partial charge >= 0.3 is 0 Å². The first kappa shape index (κ1) is 16.8. The van der Waals surface area contributed by atoms with Crippen molar-refractivity contribution < 1.29 is 19.1 Å². The molecule has 0 unspecified atom stereocenters. The minimum Gasteiger partial charge on any atom is -0.493 e. The molecule has 0 aromatic heterocycles. The Bertz CT molecular complexity index is 576. The van der Waals surface area contributed by atoms with Gasteiger partial charge in [-0.3, -0.25) is 9.59 Å². The van der Waals surface area contributed by atoms with Crippen LogP contribution in [0.5, 0.6) is 11.5 Å². The number of ketones is 1. The van der Waals surface area contributed by atoms with Crippen molar-refractivity contribution in [1.29, 1.82) is 0 Å². The highest BCUT2D eigenvalue weighted by Gasteiger charge is 2.20. The lowest BCUT2D eigenvalue weighted by Crippen LogP contribution is -2.17. The summed E-state index contributed by atoms with van der Waals surface area (Å²) in [5, 5.41) is 2.68. The summed E-state index contributed by atoms with van der Waals surface area (Å²) in [6.07, 6.45) is 0. The van der Waals surface area contributed by atoms with Crippen LogP contribution in [-0.4, -0.2) is 25.9 Å². The van der Waals surface area contributed by atoms with Crippen molar-refractivity contribution in [1.82, 2.24) is 0 Å². The molecule has 0 aliphatic carbocycles. The van der Waals surface area contributed by atoms with Gasteiger partial charge in [0.15, 0.2) is 17.3 Å². The number of benzene rings is 1. The van der Waals surface area contributed by atoms with Crippen LogP contribution in [0.15, 0.2) is 24.3 Å². The number of amides is 1. The number of Topliss-reactive ketones (excluding diaryl/α,β-unsaturated/α-hetero) is 1. The largest absolute Gasteiger partial charge is 0.493 e. The molecular formula is C16H21NO4. The van der Waals surface area contributed by atoms with Gasteiger partial charge in [0.25, 0.3) is 5.91 Å². The first-order chi connectivity index (χ1) is 9.81. The molecular weight excluding hydrogens is 270 g/mol. The summed E-state index contributed by atoms with van der Waals surface area (Å²) in [6, 6.07) is 3.16. The van der Waals surface area contributed by atoms with Crippen molar-refractivity contribution in [2.24, 2.45) is 5.92 Å². The maximum atomic E-state index is 12.3. The standard InChI is InChI=1S/C16H21NO4/c1-9(2)15(18)11-7-13(20-5)14(21-6)8-12(11)17-16(19)10(3)4/h7-9H,3H2,1-2,4-6H3,(H,17,19). The van der Waals surface area contributed by atoms with Crippen LogP contribution in [0.1, 0.15) is 31.1 Å². The molecule has 0 aliphatic rings. The molecule has 0 bridgehead atoms. The summed E-state index contributed by atoms with van der Waals surface area (Å²) in [4.78, 5) is 24.1. The third-order valence-electron chi connectivity index (χ3n) is 2.95. The van der Waals surface area contributed by atoms with Crippen LogP contribution in [0.4, 0.5) is 5.69 Å². The Morgan fingerprint density at radius 2 is 1.67 bits per heavy atom. The normalized spacial score (nSPS) is 10.2. The number of carbonyl (C=O) groups is 2. The van der Waals surface area contributed by atoms with Crippen molar-refractivity contribution in [3.05, 3.63) is 29.8 Å². The smallest absolute Gasteiger partial charge is 0.250 e. The van der Waals surface area contributed by atoms with E-state index in [0.29, 0.717) is 28.3 Å². The van der Waals surface area contributed by atoms with E-state index in [0.717, 1.165) is 0 Å². The summed E-state index contributed by atoms with van der Waals surface area (Å²) >= 11 is 0. The number of ether oxygens (including phenoxy) is 2. The lowest BCUT2D eigenvalue weighted by atomic mass is 9.98. The molecule has 0 atom stereocenters. The van der Waals surface area contributed by atoms with Crippen molar-refractivity contribution in [2.75, 3.05) is 19.5 Å². The summed E-state index contributed by atoms with van der Waals surface area (Å²) in [7, 11) is 2.99. The molecule has 114 valence electrons. The molecule has 1 N–H and O–H groups in total. The molecule has 0 spiro atoms. The average Bonchev–Trinajstić information content (AvgIpc) is 2.45. The van der Waals surface area contributed by atoms with Gasteiger partial charge in [-0.1, -0.05) is 20.4 Å². The number of hydrogen-bond acceptors (Lipinski definition) is 4. The van der Waals surface area contributed by atoms with E-state index in [1.807, 2.05) is 0 Å². The van der Waals surface area contributed by atoms with Gasteiger partial charge in [0, 0.05) is 23.1 Å². The molecule has 1 rings (SSSR count). The van der Waals surface area contributed by atoms with Crippen LogP contribution in [-0.2, 0) is 4.79 Å². The Morgan fingerprint density at radius 1 is 1.14 bits per heavy atom. The number of rotatable bonds is 6. The van der Waals surface area contributed by atoms with E-state index in [-0.39, 0.29) is 17.6 Å². The third-order valence-corrected chi connectivity index (χ3v) is 2.95. The number of hydrogen-bond donors (Lipinski definition) is 1. The van der Waals surface area contributed by atoms with Gasteiger partial charge in [0.05, 0.1) is 19.9 Å². The highest BCUT2D eigenvalue weighted by Crippen LogP contribution is 2.34. The first-order valence-corrected chi connectivity index (χ1v) is 6.58. The van der Waals surface area contributed by atoms with Crippen molar-refractivity contribution in [2.45, 2.75) is 20.8 Å². The minimum atomic E-state index is -0.347. The fraction of sp³-hybridized carbons (Fsp3) is 0.375. The van der Waals surface area contributed by atoms with Crippen LogP contribution in [0.2, 0.25) is 0 Å². The molecule has 0 heterocycles. The fourth-order valence-electron chi connectivity index (χ4n) is 1.73. The maximum absolute atomic E-state index is 12.3. The molecule has 0 saturated carbocycles. The molecule has 1 amide bonds. The molecule has 1 aromatic carbocycles. The Kier molecular flexibility index (Phi) is 5.52. The summed E-state index contributed by atoms with van der Waals surface area (Å²) < 4.78 is 10.4. The van der Waals surface area contributed by atoms with Gasteiger partial charge in [0.2, 0.25) is 0 Å². The van der Waals surface area contributed by atoms with Crippen LogP contribution >= 0.6 is 0 Å². The zero-order chi connectivity index (χ0) is 16.2. The monoisotopic (exact) mass is 291 g/mol. The third kappa shape index (κ3) is 3.84. The summed E-state index contributed by atoms with van der Waals surface area (Å²) in [5.41, 5.74) is 1.13. The molecule has 5 nitrogen and oxygen atoms in total. The number of carbonyl (C=O) groups excluding carboxylic acids is 2. The molecule has 0 radical (unpaired) electrons. The molecule has 5 heteroatoms. The summed E-state index contributed by atoms with van der Waals surface area (Å²) in [6.45, 7) is 8.77. The Labute approximate surface area is 124 Å². The number of anilines is 1. The van der Waals surface area contributed by atoms with Crippen LogP contribution < -0.4 is 14.8 Å². The van der Waals surface area contributed by atoms with Crippen LogP contribution in [0.3, 0.4) is 0 Å². The SMILES string of the molecule is C=C(C)C(=O)Nc1cc(OC)c(OC)cc1C(=O)C(C)C. The topological polar surface area (TPSA) is 64.6 Å². The lowest BCUT2D eigenvalue weighted by Gasteiger charge is -2.16. The second kappa shape index (κ2) is 6.92. The van der Waals surface area contributed by atoms with E-state index in [1.54, 1.807) is 32.9 Å². The van der Waals surface area contributed by atoms with Gasteiger partial charge in [0.1, 0.15) is 0 Å². The minimum absolute atomic E-state index is 0.0898. The highest BCUT2D eigenvalue weighted by atomic mass is 16.5. The van der Waals surface area contributed by atoms with E-state index in [1.165, 1.54) is 14.2 Å². The second-order valence-corrected chi connectivity index (χ2v) is 5.01. The fourth-order valence-corrected chi connectivity index (χ4v) is 1.73. The van der Waals surface area contributed by atoms with Gasteiger partial charge in [-0.15, -0.1) is 0 Å². The maximum Gasteiger partial charge on any atom is 0.250 e. The van der Waals surface area contributed by atoms with E-state index >= 15 is 0 Å². The molecule has 0 aliphatic heterocycles. The predicted octanol–water partition coefficient (Wildman–Crippen LogP) is 3.06. The van der Waals surface area contributed by atoms with Crippen LogP contribution in [0, 0.1) is 5.92 Å². The molecule has 1 aromatic rings. The first-order valence-electron chi connectivity index (χ1n) is 6.58. The van der Waals surface area contributed by atoms with Crippen LogP contribution in [0.25, 0.3) is 0 Å². The van der Waals surface area contributed by atoms with E-state index < -0.39 is 0 Å². The predicted molar refractivity (Wildman–Crippen MR) is 82.2 cm³/mol. The Morgan fingerprint density at radius 3 is 2.10 bits per heavy atom. The Hall–Kier alpha value is -2.30. The molecule has 0 saturated heterocycles. The van der Waals surface area contributed by atoms with Gasteiger partial charge in [-0.2, -0.15) is 0 Å². The van der Waals surface area contributed by atoms with Gasteiger partial charge < -0.3 is 14.8 Å². The number of nitrogens with one attached hydrogen (secondary N) is 1. The quantitative estimate of drug-likeness (QED) is 0.646. The zero-order valence-corrected chi connectivity index (χ0v) is 13.1. The highest BCUT2D eigenvalue weighted by molar-refractivity contribution is 6.09. The number of methoxy groups -OCH3 is 2. The molecule has 0 fully saturated rings. The van der Waals surface area contributed by atoms with Crippen molar-refractivity contribution in [3.63, 3.8) is 0 Å². The van der Waals surface area contributed by atoms with E-state index in [9.17, 15) is 9.59 Å². The van der Waals surface area contributed by atoms with E-state index in [2.05, 4.69) is 11.9 Å². The Balaban J connectivity index is 3.39. The lowest BCUT2D eigenvalue weighted by molar-refractivity contribution is -0.112. The van der Waals surface area contributed by atoms with Crippen molar-refractivity contribution >= 4 is 17.4 Å².